The summed E-state index contributed by atoms with van der Waals surface area (Å²) in [5, 5.41) is 13.5. The van der Waals surface area contributed by atoms with Gasteiger partial charge in [-0.2, -0.15) is 11.8 Å². The van der Waals surface area contributed by atoms with Gasteiger partial charge >= 0.3 is 0 Å². The Morgan fingerprint density at radius 1 is 1.28 bits per heavy atom. The van der Waals surface area contributed by atoms with Crippen LogP contribution in [0.1, 0.15) is 44.9 Å². The fourth-order valence-electron chi connectivity index (χ4n) is 3.85. The van der Waals surface area contributed by atoms with Gasteiger partial charge in [-0.3, -0.25) is 0 Å². The number of ether oxygens (including phenoxy) is 1. The zero-order valence-corrected chi connectivity index (χ0v) is 11.9. The largest absolute Gasteiger partial charge is 0.394 e. The van der Waals surface area contributed by atoms with Crippen LogP contribution in [0.5, 0.6) is 0 Å². The van der Waals surface area contributed by atoms with Crippen LogP contribution in [-0.4, -0.2) is 47.0 Å². The molecule has 2 saturated heterocycles. The minimum absolute atomic E-state index is 0.0228. The van der Waals surface area contributed by atoms with Crippen LogP contribution in [0.2, 0.25) is 0 Å². The number of hydrogen-bond acceptors (Lipinski definition) is 4. The number of hydrogen-bond donors (Lipinski definition) is 2. The van der Waals surface area contributed by atoms with Gasteiger partial charge in [-0.05, 0) is 37.9 Å². The highest BCUT2D eigenvalue weighted by Gasteiger charge is 2.43. The number of aliphatic hydroxyl groups is 1. The Hall–Kier alpha value is 0.230. The predicted octanol–water partition coefficient (Wildman–Crippen LogP) is 1.94. The predicted molar refractivity (Wildman–Crippen MR) is 75.1 cm³/mol. The van der Waals surface area contributed by atoms with Gasteiger partial charge in [-0.25, -0.2) is 0 Å². The van der Waals surface area contributed by atoms with E-state index in [9.17, 15) is 5.11 Å². The van der Waals surface area contributed by atoms with Crippen LogP contribution in [0.25, 0.3) is 0 Å². The number of thioether (sulfide) groups is 1. The Labute approximate surface area is 114 Å². The summed E-state index contributed by atoms with van der Waals surface area (Å²) in [4.78, 5) is 0. The zero-order valence-electron chi connectivity index (χ0n) is 11.1. The first-order valence-electron chi connectivity index (χ1n) is 7.36. The van der Waals surface area contributed by atoms with Crippen LogP contribution in [-0.2, 0) is 4.74 Å². The molecular weight excluding hydrogens is 246 g/mol. The molecule has 1 spiro atoms. The van der Waals surface area contributed by atoms with Gasteiger partial charge in [0.1, 0.15) is 0 Å². The Morgan fingerprint density at radius 2 is 2.11 bits per heavy atom. The van der Waals surface area contributed by atoms with Crippen LogP contribution in [0.3, 0.4) is 0 Å². The second-order valence-corrected chi connectivity index (χ2v) is 7.42. The van der Waals surface area contributed by atoms with E-state index in [1.165, 1.54) is 25.0 Å². The molecule has 1 saturated carbocycles. The van der Waals surface area contributed by atoms with Crippen LogP contribution in [0, 0.1) is 0 Å². The summed E-state index contributed by atoms with van der Waals surface area (Å²) < 4.78 is 6.06. The van der Waals surface area contributed by atoms with Crippen molar-refractivity contribution in [1.82, 2.24) is 5.32 Å². The number of rotatable bonds is 3. The summed E-state index contributed by atoms with van der Waals surface area (Å²) in [5.41, 5.74) is 0.171. The van der Waals surface area contributed by atoms with Crippen molar-refractivity contribution in [2.24, 2.45) is 0 Å². The molecule has 2 heterocycles. The quantitative estimate of drug-likeness (QED) is 0.823. The SMILES string of the molecule is OCC1(NC2CCOC3(CCSC3)C2)CCCC1. The lowest BCUT2D eigenvalue weighted by molar-refractivity contribution is -0.0750. The molecule has 104 valence electrons. The molecule has 3 fully saturated rings. The summed E-state index contributed by atoms with van der Waals surface area (Å²) >= 11 is 2.03. The van der Waals surface area contributed by atoms with Crippen molar-refractivity contribution >= 4 is 11.8 Å². The lowest BCUT2D eigenvalue weighted by atomic mass is 9.87. The topological polar surface area (TPSA) is 41.5 Å². The van der Waals surface area contributed by atoms with E-state index >= 15 is 0 Å². The van der Waals surface area contributed by atoms with Crippen LogP contribution >= 0.6 is 11.8 Å². The lowest BCUT2D eigenvalue weighted by Gasteiger charge is -2.42. The fraction of sp³-hybridized carbons (Fsp3) is 1.00. The van der Waals surface area contributed by atoms with E-state index in [-0.39, 0.29) is 11.1 Å². The fourth-order valence-corrected chi connectivity index (χ4v) is 5.23. The molecule has 0 aromatic carbocycles. The van der Waals surface area contributed by atoms with E-state index in [1.54, 1.807) is 0 Å². The molecule has 0 aromatic rings. The number of aliphatic hydroxyl groups excluding tert-OH is 1. The zero-order chi connectivity index (χ0) is 12.5. The van der Waals surface area contributed by atoms with Crippen molar-refractivity contribution in [3.8, 4) is 0 Å². The van der Waals surface area contributed by atoms with Crippen molar-refractivity contribution < 1.29 is 9.84 Å². The van der Waals surface area contributed by atoms with Gasteiger partial charge in [0.2, 0.25) is 0 Å². The second kappa shape index (κ2) is 5.31. The molecular formula is C14H25NO2S. The molecule has 1 aliphatic carbocycles. The van der Waals surface area contributed by atoms with E-state index < -0.39 is 0 Å². The maximum atomic E-state index is 9.71. The van der Waals surface area contributed by atoms with Crippen molar-refractivity contribution in [1.29, 1.82) is 0 Å². The van der Waals surface area contributed by atoms with Crippen LogP contribution in [0.4, 0.5) is 0 Å². The Balaban J connectivity index is 1.62. The molecule has 2 aliphatic heterocycles. The molecule has 4 heteroatoms. The van der Waals surface area contributed by atoms with E-state index in [2.05, 4.69) is 5.32 Å². The highest BCUT2D eigenvalue weighted by Crippen LogP contribution is 2.39. The summed E-state index contributed by atoms with van der Waals surface area (Å²) in [5.74, 6) is 2.41. The maximum Gasteiger partial charge on any atom is 0.0795 e. The molecule has 3 nitrogen and oxygen atoms in total. The van der Waals surface area contributed by atoms with Gasteiger partial charge in [0, 0.05) is 23.9 Å². The first kappa shape index (κ1) is 13.2. The molecule has 2 atom stereocenters. The van der Waals surface area contributed by atoms with Crippen molar-refractivity contribution in [3.05, 3.63) is 0 Å². The van der Waals surface area contributed by atoms with E-state index in [0.29, 0.717) is 12.6 Å². The number of nitrogens with one attached hydrogen (secondary N) is 1. The lowest BCUT2D eigenvalue weighted by Crippen LogP contribution is -2.56. The molecule has 0 amide bonds. The smallest absolute Gasteiger partial charge is 0.0795 e. The molecule has 2 N–H and O–H groups in total. The van der Waals surface area contributed by atoms with Crippen molar-refractivity contribution in [2.45, 2.75) is 62.1 Å². The molecule has 3 rings (SSSR count). The van der Waals surface area contributed by atoms with Gasteiger partial charge in [-0.1, -0.05) is 12.8 Å². The third-order valence-corrected chi connectivity index (χ3v) is 6.16. The molecule has 18 heavy (non-hydrogen) atoms. The Bertz CT molecular complexity index is 286. The minimum atomic E-state index is 0.0228. The van der Waals surface area contributed by atoms with E-state index in [4.69, 9.17) is 4.74 Å². The first-order chi connectivity index (χ1) is 8.76. The highest BCUT2D eigenvalue weighted by atomic mass is 32.2. The average Bonchev–Trinajstić information content (AvgIpc) is 3.01. The van der Waals surface area contributed by atoms with Gasteiger partial charge in [-0.15, -0.1) is 0 Å². The minimum Gasteiger partial charge on any atom is -0.394 e. The van der Waals surface area contributed by atoms with Crippen molar-refractivity contribution in [3.63, 3.8) is 0 Å². The van der Waals surface area contributed by atoms with Crippen LogP contribution in [0.15, 0.2) is 0 Å². The van der Waals surface area contributed by atoms with Gasteiger partial charge in [0.25, 0.3) is 0 Å². The third-order valence-electron chi connectivity index (χ3n) is 4.93. The summed E-state index contributed by atoms with van der Waals surface area (Å²) in [6, 6.07) is 0.544. The molecule has 0 radical (unpaired) electrons. The summed E-state index contributed by atoms with van der Waals surface area (Å²) in [6.07, 6.45) is 8.26. The average molecular weight is 271 g/mol. The van der Waals surface area contributed by atoms with Gasteiger partial charge in [0.05, 0.1) is 12.2 Å². The van der Waals surface area contributed by atoms with Gasteiger partial charge in [0.15, 0.2) is 0 Å². The molecule has 2 unspecified atom stereocenters. The molecule has 0 aromatic heterocycles. The standard InChI is InChI=1S/C14H25NO2S/c16-10-13(4-1-2-5-13)15-12-3-7-17-14(9-12)6-8-18-11-14/h12,15-16H,1-11H2. The molecule has 3 aliphatic rings. The van der Waals surface area contributed by atoms with E-state index in [1.807, 2.05) is 11.8 Å². The van der Waals surface area contributed by atoms with Gasteiger partial charge < -0.3 is 15.2 Å². The summed E-state index contributed by atoms with van der Waals surface area (Å²) in [7, 11) is 0. The molecule has 0 bridgehead atoms. The Morgan fingerprint density at radius 3 is 2.78 bits per heavy atom. The maximum absolute atomic E-state index is 9.71. The second-order valence-electron chi connectivity index (χ2n) is 6.31. The summed E-state index contributed by atoms with van der Waals surface area (Å²) in [6.45, 7) is 1.19. The third kappa shape index (κ3) is 2.58. The first-order valence-corrected chi connectivity index (χ1v) is 8.52. The highest BCUT2D eigenvalue weighted by molar-refractivity contribution is 7.99. The monoisotopic (exact) mass is 271 g/mol. The Kier molecular flexibility index (Phi) is 3.90. The van der Waals surface area contributed by atoms with E-state index in [0.717, 1.165) is 38.0 Å². The van der Waals surface area contributed by atoms with Crippen molar-refractivity contribution in [2.75, 3.05) is 24.7 Å². The van der Waals surface area contributed by atoms with Crippen LogP contribution < -0.4 is 5.32 Å². The normalized spacial score (nSPS) is 39.5.